The molecule has 1 aliphatic heterocycles. The highest BCUT2D eigenvalue weighted by Crippen LogP contribution is 2.24. The number of hydrogen-bond donors (Lipinski definition) is 2. The third kappa shape index (κ3) is 3.75. The van der Waals surface area contributed by atoms with Gasteiger partial charge in [0.2, 0.25) is 0 Å². The number of pyridine rings is 1. The lowest BCUT2D eigenvalue weighted by atomic mass is 10.0. The standard InChI is InChI=1S/C19H19N5O3/c1-13(25)19-21-6-7-23(19)12-16-8-18(27-22-16)17-4-5-20-9-15(17)3-2-14-10-24(26)11-14/h4-9,13-14,25-26H,10-12H2,1H3. The smallest absolute Gasteiger partial charge is 0.168 e. The molecule has 4 rings (SSSR count). The second-order valence-electron chi connectivity index (χ2n) is 6.53. The van der Waals surface area contributed by atoms with Crippen LogP contribution in [0.4, 0.5) is 0 Å². The maximum atomic E-state index is 9.77. The van der Waals surface area contributed by atoms with Gasteiger partial charge in [0.25, 0.3) is 0 Å². The molecule has 0 spiro atoms. The summed E-state index contributed by atoms with van der Waals surface area (Å²) in [4.78, 5) is 8.30. The summed E-state index contributed by atoms with van der Waals surface area (Å²) in [6, 6.07) is 3.69. The number of nitrogens with zero attached hydrogens (tertiary/aromatic N) is 5. The third-order valence-corrected chi connectivity index (χ3v) is 4.37. The maximum absolute atomic E-state index is 9.77. The van der Waals surface area contributed by atoms with Crippen molar-refractivity contribution < 1.29 is 14.8 Å². The predicted molar refractivity (Wildman–Crippen MR) is 95.4 cm³/mol. The van der Waals surface area contributed by atoms with Crippen LogP contribution in [0.2, 0.25) is 0 Å². The van der Waals surface area contributed by atoms with E-state index in [-0.39, 0.29) is 5.92 Å². The van der Waals surface area contributed by atoms with E-state index >= 15 is 0 Å². The van der Waals surface area contributed by atoms with Crippen LogP contribution in [0.1, 0.15) is 30.1 Å². The summed E-state index contributed by atoms with van der Waals surface area (Å²) in [5.74, 6) is 7.61. The molecule has 8 nitrogen and oxygen atoms in total. The van der Waals surface area contributed by atoms with Gasteiger partial charge in [-0.3, -0.25) is 4.98 Å². The summed E-state index contributed by atoms with van der Waals surface area (Å²) in [5, 5.41) is 24.4. The van der Waals surface area contributed by atoms with E-state index in [4.69, 9.17) is 4.52 Å². The molecule has 27 heavy (non-hydrogen) atoms. The Balaban J connectivity index is 1.56. The minimum Gasteiger partial charge on any atom is -0.385 e. The Kier molecular flexibility index (Phi) is 4.73. The second kappa shape index (κ2) is 7.32. The van der Waals surface area contributed by atoms with E-state index in [1.807, 2.05) is 16.7 Å². The van der Waals surface area contributed by atoms with E-state index in [0.717, 1.165) is 16.8 Å². The first-order valence-corrected chi connectivity index (χ1v) is 8.64. The first-order chi connectivity index (χ1) is 13.1. The summed E-state index contributed by atoms with van der Waals surface area (Å²) in [7, 11) is 0. The van der Waals surface area contributed by atoms with E-state index in [1.165, 1.54) is 5.06 Å². The average molecular weight is 365 g/mol. The van der Waals surface area contributed by atoms with Crippen LogP contribution in [-0.4, -0.2) is 48.2 Å². The molecule has 0 saturated carbocycles. The molecule has 4 heterocycles. The van der Waals surface area contributed by atoms with E-state index in [9.17, 15) is 10.3 Å². The molecule has 0 bridgehead atoms. The first kappa shape index (κ1) is 17.4. The lowest BCUT2D eigenvalue weighted by Crippen LogP contribution is -2.43. The summed E-state index contributed by atoms with van der Waals surface area (Å²) in [6.45, 7) is 3.24. The third-order valence-electron chi connectivity index (χ3n) is 4.37. The van der Waals surface area contributed by atoms with Crippen molar-refractivity contribution in [1.29, 1.82) is 0 Å². The van der Waals surface area contributed by atoms with Crippen LogP contribution >= 0.6 is 0 Å². The molecule has 0 aliphatic carbocycles. The summed E-state index contributed by atoms with van der Waals surface area (Å²) < 4.78 is 7.34. The molecule has 0 amide bonds. The molecular weight excluding hydrogens is 346 g/mol. The van der Waals surface area contributed by atoms with Crippen LogP contribution in [-0.2, 0) is 6.54 Å². The van der Waals surface area contributed by atoms with Gasteiger partial charge in [-0.15, -0.1) is 0 Å². The van der Waals surface area contributed by atoms with Gasteiger partial charge in [0, 0.05) is 49.5 Å². The van der Waals surface area contributed by atoms with Gasteiger partial charge in [0.15, 0.2) is 5.76 Å². The van der Waals surface area contributed by atoms with Crippen molar-refractivity contribution in [2.24, 2.45) is 5.92 Å². The molecule has 1 atom stereocenters. The van der Waals surface area contributed by atoms with Crippen molar-refractivity contribution in [2.45, 2.75) is 19.6 Å². The van der Waals surface area contributed by atoms with Crippen LogP contribution in [0.15, 0.2) is 41.4 Å². The summed E-state index contributed by atoms with van der Waals surface area (Å²) >= 11 is 0. The van der Waals surface area contributed by atoms with E-state index in [1.54, 1.807) is 31.7 Å². The Morgan fingerprint density at radius 2 is 2.22 bits per heavy atom. The van der Waals surface area contributed by atoms with Crippen molar-refractivity contribution in [2.75, 3.05) is 13.1 Å². The molecule has 1 fully saturated rings. The largest absolute Gasteiger partial charge is 0.385 e. The highest BCUT2D eigenvalue weighted by atomic mass is 16.5. The van der Waals surface area contributed by atoms with Gasteiger partial charge in [-0.25, -0.2) is 4.98 Å². The summed E-state index contributed by atoms with van der Waals surface area (Å²) in [6.07, 6.45) is 6.16. The number of aromatic nitrogens is 4. The van der Waals surface area contributed by atoms with Gasteiger partial charge < -0.3 is 19.4 Å². The van der Waals surface area contributed by atoms with Crippen molar-refractivity contribution in [3.63, 3.8) is 0 Å². The molecule has 1 aliphatic rings. The van der Waals surface area contributed by atoms with Gasteiger partial charge in [-0.1, -0.05) is 17.0 Å². The van der Waals surface area contributed by atoms with Gasteiger partial charge >= 0.3 is 0 Å². The number of hydroxylamine groups is 2. The lowest BCUT2D eigenvalue weighted by Gasteiger charge is -2.29. The van der Waals surface area contributed by atoms with Crippen molar-refractivity contribution in [3.8, 4) is 23.2 Å². The molecule has 138 valence electrons. The van der Waals surface area contributed by atoms with Crippen molar-refractivity contribution in [1.82, 2.24) is 24.8 Å². The maximum Gasteiger partial charge on any atom is 0.168 e. The van der Waals surface area contributed by atoms with E-state index < -0.39 is 6.10 Å². The number of aliphatic hydroxyl groups excluding tert-OH is 1. The zero-order valence-electron chi connectivity index (χ0n) is 14.8. The van der Waals surface area contributed by atoms with Crippen molar-refractivity contribution >= 4 is 0 Å². The van der Waals surface area contributed by atoms with Crippen molar-refractivity contribution in [3.05, 3.63) is 54.0 Å². The molecule has 1 unspecified atom stereocenters. The van der Waals surface area contributed by atoms with E-state index in [2.05, 4.69) is 27.0 Å². The normalized spacial score (nSPS) is 15.8. The Morgan fingerprint density at radius 1 is 1.37 bits per heavy atom. The molecular formula is C19H19N5O3. The highest BCUT2D eigenvalue weighted by Gasteiger charge is 2.23. The fourth-order valence-corrected chi connectivity index (χ4v) is 2.95. The molecule has 8 heteroatoms. The van der Waals surface area contributed by atoms with Crippen LogP contribution < -0.4 is 0 Å². The Hall–Kier alpha value is -2.99. The van der Waals surface area contributed by atoms with Crippen LogP contribution in [0.25, 0.3) is 11.3 Å². The summed E-state index contributed by atoms with van der Waals surface area (Å²) in [5.41, 5.74) is 2.29. The molecule has 2 N–H and O–H groups in total. The zero-order chi connectivity index (χ0) is 18.8. The van der Waals surface area contributed by atoms with Crippen LogP contribution in [0, 0.1) is 17.8 Å². The average Bonchev–Trinajstić information content (AvgIpc) is 3.28. The van der Waals surface area contributed by atoms with Gasteiger partial charge in [0.1, 0.15) is 17.6 Å². The Labute approximate surface area is 156 Å². The topological polar surface area (TPSA) is 100 Å². The van der Waals surface area contributed by atoms with Gasteiger partial charge in [-0.05, 0) is 13.0 Å². The lowest BCUT2D eigenvalue weighted by molar-refractivity contribution is -0.155. The zero-order valence-corrected chi connectivity index (χ0v) is 14.8. The molecule has 0 aromatic carbocycles. The Morgan fingerprint density at radius 3 is 3.00 bits per heavy atom. The quantitative estimate of drug-likeness (QED) is 0.679. The molecule has 0 radical (unpaired) electrons. The van der Waals surface area contributed by atoms with Gasteiger partial charge in [0.05, 0.1) is 18.0 Å². The Bertz CT molecular complexity index is 992. The molecule has 1 saturated heterocycles. The SMILES string of the molecule is CC(O)c1nccn1Cc1cc(-c2ccncc2C#CC2CN(O)C2)on1. The molecule has 3 aromatic rings. The fourth-order valence-electron chi connectivity index (χ4n) is 2.95. The number of rotatable bonds is 4. The first-order valence-electron chi connectivity index (χ1n) is 8.64. The van der Waals surface area contributed by atoms with Crippen LogP contribution in [0.5, 0.6) is 0 Å². The predicted octanol–water partition coefficient (Wildman–Crippen LogP) is 1.71. The molecule has 3 aromatic heterocycles. The minimum absolute atomic E-state index is 0.161. The van der Waals surface area contributed by atoms with Crippen LogP contribution in [0.3, 0.4) is 0 Å². The minimum atomic E-state index is -0.658. The second-order valence-corrected chi connectivity index (χ2v) is 6.53. The number of hydrogen-bond acceptors (Lipinski definition) is 7. The van der Waals surface area contributed by atoms with Gasteiger partial charge in [-0.2, -0.15) is 5.06 Å². The van der Waals surface area contributed by atoms with E-state index in [0.29, 0.717) is 31.2 Å². The number of imidazole rings is 1. The monoisotopic (exact) mass is 365 g/mol. The fraction of sp³-hybridized carbons (Fsp3) is 0.316. The highest BCUT2D eigenvalue weighted by molar-refractivity contribution is 5.66. The number of aliphatic hydroxyl groups is 1.